The second-order valence-corrected chi connectivity index (χ2v) is 8.29. The number of anilines is 2. The maximum atomic E-state index is 13.0. The van der Waals surface area contributed by atoms with Crippen LogP contribution < -0.4 is 10.6 Å². The van der Waals surface area contributed by atoms with E-state index in [1.54, 1.807) is 27.3 Å². The summed E-state index contributed by atoms with van der Waals surface area (Å²) in [6, 6.07) is 0. The van der Waals surface area contributed by atoms with Crippen LogP contribution in [0.25, 0.3) is 0 Å². The number of carbonyl (C=O) groups is 2. The molecule has 0 aromatic carbocycles. The highest BCUT2D eigenvalue weighted by atomic mass is 79.9. The van der Waals surface area contributed by atoms with Gasteiger partial charge in [-0.3, -0.25) is 23.6 Å². The highest BCUT2D eigenvalue weighted by Crippen LogP contribution is 2.22. The van der Waals surface area contributed by atoms with Crippen molar-refractivity contribution < 1.29 is 9.59 Å². The van der Waals surface area contributed by atoms with Crippen LogP contribution in [0, 0.1) is 26.7 Å². The number of nitrogens with one attached hydrogen (secondary N) is 2. The van der Waals surface area contributed by atoms with Crippen LogP contribution in [-0.2, 0) is 24.9 Å². The molecule has 0 spiro atoms. The summed E-state index contributed by atoms with van der Waals surface area (Å²) in [5.74, 6) is -0.946. The minimum absolute atomic E-state index is 0.217. The van der Waals surface area contributed by atoms with Gasteiger partial charge in [0.25, 0.3) is 5.91 Å². The molecule has 3 heterocycles. The van der Waals surface area contributed by atoms with Crippen LogP contribution in [-0.4, -0.2) is 41.2 Å². The van der Waals surface area contributed by atoms with Crippen molar-refractivity contribution in [1.29, 1.82) is 0 Å². The first-order chi connectivity index (χ1) is 14.6. The summed E-state index contributed by atoms with van der Waals surface area (Å²) >= 11 is 3.51. The van der Waals surface area contributed by atoms with Gasteiger partial charge in [0.05, 0.1) is 52.1 Å². The number of aromatic nitrogens is 6. The van der Waals surface area contributed by atoms with Gasteiger partial charge in [-0.1, -0.05) is 6.92 Å². The first kappa shape index (κ1) is 22.7. The van der Waals surface area contributed by atoms with E-state index in [2.05, 4.69) is 41.9 Å². The molecule has 11 heteroatoms. The van der Waals surface area contributed by atoms with Crippen molar-refractivity contribution in [3.05, 3.63) is 39.6 Å². The maximum Gasteiger partial charge on any atom is 0.276 e. The van der Waals surface area contributed by atoms with Crippen molar-refractivity contribution in [2.45, 2.75) is 47.7 Å². The Morgan fingerprint density at radius 1 is 1.06 bits per heavy atom. The van der Waals surface area contributed by atoms with Gasteiger partial charge in [0.2, 0.25) is 5.91 Å². The molecule has 0 fully saturated rings. The van der Waals surface area contributed by atoms with Crippen molar-refractivity contribution in [2.75, 3.05) is 10.6 Å². The van der Waals surface area contributed by atoms with Crippen molar-refractivity contribution >= 4 is 39.1 Å². The summed E-state index contributed by atoms with van der Waals surface area (Å²) in [5, 5.41) is 18.6. The summed E-state index contributed by atoms with van der Waals surface area (Å²) in [7, 11) is 1.80. The first-order valence-corrected chi connectivity index (χ1v) is 10.8. The molecule has 0 aliphatic heterocycles. The monoisotopic (exact) mass is 490 g/mol. The molecule has 166 valence electrons. The number of amides is 2. The van der Waals surface area contributed by atoms with Gasteiger partial charge in [-0.25, -0.2) is 0 Å². The third kappa shape index (κ3) is 4.55. The predicted molar refractivity (Wildman–Crippen MR) is 121 cm³/mol. The van der Waals surface area contributed by atoms with E-state index in [1.165, 1.54) is 6.20 Å². The molecular formula is C20H27BrN8O2. The summed E-state index contributed by atoms with van der Waals surface area (Å²) in [6.45, 7) is 10.3. The minimum atomic E-state index is -0.369. The van der Waals surface area contributed by atoms with Crippen molar-refractivity contribution in [1.82, 2.24) is 29.3 Å². The molecule has 2 amide bonds. The van der Waals surface area contributed by atoms with Crippen LogP contribution in [0.15, 0.2) is 16.9 Å². The molecule has 0 aliphatic rings. The Hall–Kier alpha value is -2.95. The normalized spacial score (nSPS) is 12.1. The molecule has 1 unspecified atom stereocenters. The number of rotatable bonds is 7. The van der Waals surface area contributed by atoms with E-state index >= 15 is 0 Å². The lowest BCUT2D eigenvalue weighted by atomic mass is 10.1. The highest BCUT2D eigenvalue weighted by molar-refractivity contribution is 9.10. The van der Waals surface area contributed by atoms with Crippen molar-refractivity contribution in [3.63, 3.8) is 0 Å². The highest BCUT2D eigenvalue weighted by Gasteiger charge is 2.23. The van der Waals surface area contributed by atoms with E-state index in [4.69, 9.17) is 0 Å². The van der Waals surface area contributed by atoms with E-state index in [0.29, 0.717) is 30.2 Å². The van der Waals surface area contributed by atoms with Crippen LogP contribution in [0.1, 0.15) is 41.4 Å². The molecule has 3 aromatic heterocycles. The van der Waals surface area contributed by atoms with Gasteiger partial charge < -0.3 is 10.6 Å². The van der Waals surface area contributed by atoms with Crippen LogP contribution >= 0.6 is 15.9 Å². The predicted octanol–water partition coefficient (Wildman–Crippen LogP) is 3.05. The van der Waals surface area contributed by atoms with Crippen LogP contribution in [0.5, 0.6) is 0 Å². The van der Waals surface area contributed by atoms with Gasteiger partial charge in [-0.05, 0) is 43.6 Å². The number of hydrogen-bond donors (Lipinski definition) is 2. The van der Waals surface area contributed by atoms with E-state index in [9.17, 15) is 9.59 Å². The Morgan fingerprint density at radius 3 is 2.29 bits per heavy atom. The van der Waals surface area contributed by atoms with E-state index in [-0.39, 0.29) is 17.7 Å². The summed E-state index contributed by atoms with van der Waals surface area (Å²) < 4.78 is 5.97. The summed E-state index contributed by atoms with van der Waals surface area (Å²) in [6.07, 6.45) is 3.09. The molecule has 10 nitrogen and oxygen atoms in total. The maximum absolute atomic E-state index is 13.0. The third-order valence-electron chi connectivity index (χ3n) is 5.28. The molecule has 3 rings (SSSR count). The molecule has 0 saturated carbocycles. The molecule has 0 radical (unpaired) electrons. The lowest BCUT2D eigenvalue weighted by Gasteiger charge is -2.14. The molecule has 3 aromatic rings. The number of hydrogen-bond acceptors (Lipinski definition) is 5. The molecule has 31 heavy (non-hydrogen) atoms. The Labute approximate surface area is 189 Å². The smallest absolute Gasteiger partial charge is 0.276 e. The topological polar surface area (TPSA) is 112 Å². The van der Waals surface area contributed by atoms with E-state index < -0.39 is 0 Å². The Balaban J connectivity index is 1.77. The first-order valence-electron chi connectivity index (χ1n) is 10.00. The molecule has 2 N–H and O–H groups in total. The second-order valence-electron chi connectivity index (χ2n) is 7.50. The van der Waals surface area contributed by atoms with Crippen LogP contribution in [0.4, 0.5) is 11.4 Å². The van der Waals surface area contributed by atoms with Gasteiger partial charge in [0, 0.05) is 19.3 Å². The summed E-state index contributed by atoms with van der Waals surface area (Å²) in [5.41, 5.74) is 3.93. The van der Waals surface area contributed by atoms with Crippen LogP contribution in [0.3, 0.4) is 0 Å². The average Bonchev–Trinajstić information content (AvgIpc) is 3.36. The largest absolute Gasteiger partial charge is 0.322 e. The summed E-state index contributed by atoms with van der Waals surface area (Å²) in [4.78, 5) is 25.8. The average molecular weight is 491 g/mol. The Bertz CT molecular complexity index is 1130. The second kappa shape index (κ2) is 9.04. The van der Waals surface area contributed by atoms with E-state index in [0.717, 1.165) is 21.6 Å². The lowest BCUT2D eigenvalue weighted by Crippen LogP contribution is -2.27. The number of carbonyl (C=O) groups excluding carboxylic acids is 2. The minimum Gasteiger partial charge on any atom is -0.322 e. The van der Waals surface area contributed by atoms with Crippen molar-refractivity contribution in [2.24, 2.45) is 13.0 Å². The van der Waals surface area contributed by atoms with Gasteiger partial charge in [0.1, 0.15) is 5.69 Å². The molecule has 0 aliphatic carbocycles. The molecular weight excluding hydrogens is 464 g/mol. The standard InChI is InChI=1S/C20H27BrN8O2/c1-7-28-18(20(31)24-15-8-22-27(6)13(15)4)16(9-23-28)25-19(30)11(2)10-29-14(5)17(21)12(3)26-29/h8-9,11H,7,10H2,1-6H3,(H,24,31)(H,25,30). The van der Waals surface area contributed by atoms with Gasteiger partial charge in [0.15, 0.2) is 0 Å². The molecule has 0 saturated heterocycles. The van der Waals surface area contributed by atoms with Gasteiger partial charge in [-0.2, -0.15) is 15.3 Å². The number of aryl methyl sites for hydroxylation is 3. The number of nitrogens with zero attached hydrogens (tertiary/aromatic N) is 6. The Morgan fingerprint density at radius 2 is 1.74 bits per heavy atom. The molecule has 0 bridgehead atoms. The van der Waals surface area contributed by atoms with Gasteiger partial charge in [-0.15, -0.1) is 0 Å². The number of halogens is 1. The Kier molecular flexibility index (Phi) is 6.63. The third-order valence-corrected chi connectivity index (χ3v) is 6.43. The quantitative estimate of drug-likeness (QED) is 0.528. The fraction of sp³-hybridized carbons (Fsp3) is 0.450. The zero-order chi connectivity index (χ0) is 22.9. The zero-order valence-electron chi connectivity index (χ0n) is 18.5. The SMILES string of the molecule is CCn1ncc(NC(=O)C(C)Cn2nc(C)c(Br)c2C)c1C(=O)Nc1cnn(C)c1C. The van der Waals surface area contributed by atoms with Crippen molar-refractivity contribution in [3.8, 4) is 0 Å². The van der Waals surface area contributed by atoms with Gasteiger partial charge >= 0.3 is 0 Å². The molecule has 1 atom stereocenters. The van der Waals surface area contributed by atoms with Crippen LogP contribution in [0.2, 0.25) is 0 Å². The lowest BCUT2D eigenvalue weighted by molar-refractivity contribution is -0.119. The fourth-order valence-corrected chi connectivity index (χ4v) is 3.49. The fourth-order valence-electron chi connectivity index (χ4n) is 3.21. The zero-order valence-corrected chi connectivity index (χ0v) is 20.1. The van der Waals surface area contributed by atoms with E-state index in [1.807, 2.05) is 34.6 Å².